The van der Waals surface area contributed by atoms with Crippen LogP contribution in [0.2, 0.25) is 0 Å². The number of hydrogen-bond acceptors (Lipinski definition) is 3. The minimum atomic E-state index is -0.742. The van der Waals surface area contributed by atoms with E-state index < -0.39 is 5.97 Å². The summed E-state index contributed by atoms with van der Waals surface area (Å²) in [6, 6.07) is 0.0750. The van der Waals surface area contributed by atoms with Gasteiger partial charge in [-0.05, 0) is 13.5 Å². The Balaban J connectivity index is 2.39. The van der Waals surface area contributed by atoms with Crippen molar-refractivity contribution in [3.63, 3.8) is 0 Å². The Morgan fingerprint density at radius 2 is 2.38 bits per heavy atom. The van der Waals surface area contributed by atoms with Crippen LogP contribution in [0.4, 0.5) is 0 Å². The first kappa shape index (κ1) is 12.7. The molecule has 0 fully saturated rings. The van der Waals surface area contributed by atoms with Crippen molar-refractivity contribution in [3.8, 4) is 0 Å². The van der Waals surface area contributed by atoms with E-state index in [4.69, 9.17) is 5.11 Å². The molecule has 0 aromatic carbocycles. The van der Waals surface area contributed by atoms with E-state index in [9.17, 15) is 4.79 Å². The monoisotopic (exact) mass is 225 g/mol. The summed E-state index contributed by atoms with van der Waals surface area (Å²) in [5.41, 5.74) is 0. The highest BCUT2D eigenvalue weighted by Crippen LogP contribution is 2.04. The third-order valence-electron chi connectivity index (χ3n) is 2.70. The van der Waals surface area contributed by atoms with Crippen LogP contribution in [-0.4, -0.2) is 44.7 Å². The van der Waals surface area contributed by atoms with E-state index in [0.717, 1.165) is 19.6 Å². The molecule has 0 aliphatic rings. The molecule has 0 saturated carbocycles. The minimum absolute atomic E-state index is 0.0750. The molecule has 1 atom stereocenters. The second-order valence-electron chi connectivity index (χ2n) is 3.88. The molecule has 0 spiro atoms. The lowest BCUT2D eigenvalue weighted by Gasteiger charge is -2.26. The van der Waals surface area contributed by atoms with Gasteiger partial charge in [-0.15, -0.1) is 0 Å². The summed E-state index contributed by atoms with van der Waals surface area (Å²) < 4.78 is 2.00. The first-order chi connectivity index (χ1) is 7.63. The number of aliphatic carboxylic acids is 1. The molecule has 0 amide bonds. The largest absolute Gasteiger partial charge is 0.481 e. The number of carbonyl (C=O) groups is 1. The zero-order valence-electron chi connectivity index (χ0n) is 9.83. The number of nitrogens with zero attached hydrogens (tertiary/aromatic N) is 3. The van der Waals surface area contributed by atoms with Crippen LogP contribution >= 0.6 is 0 Å². The Morgan fingerprint density at radius 3 is 2.88 bits per heavy atom. The number of aromatic nitrogens is 2. The van der Waals surface area contributed by atoms with Gasteiger partial charge in [-0.2, -0.15) is 0 Å². The molecule has 1 rings (SSSR count). The molecule has 5 heteroatoms. The van der Waals surface area contributed by atoms with E-state index in [2.05, 4.69) is 9.88 Å². The molecule has 0 saturated heterocycles. The van der Waals surface area contributed by atoms with Crippen LogP contribution in [-0.2, 0) is 11.3 Å². The smallest absolute Gasteiger partial charge is 0.304 e. The summed E-state index contributed by atoms with van der Waals surface area (Å²) in [6.07, 6.45) is 5.63. The average Bonchev–Trinajstić information content (AvgIpc) is 2.70. The topological polar surface area (TPSA) is 58.4 Å². The van der Waals surface area contributed by atoms with Crippen LogP contribution < -0.4 is 0 Å². The van der Waals surface area contributed by atoms with Gasteiger partial charge in [-0.3, -0.25) is 9.69 Å². The van der Waals surface area contributed by atoms with Crippen molar-refractivity contribution in [1.29, 1.82) is 0 Å². The lowest BCUT2D eigenvalue weighted by atomic mass is 10.2. The van der Waals surface area contributed by atoms with Gasteiger partial charge in [0, 0.05) is 31.5 Å². The molecule has 0 radical (unpaired) electrons. The quantitative estimate of drug-likeness (QED) is 0.754. The van der Waals surface area contributed by atoms with Crippen molar-refractivity contribution < 1.29 is 9.90 Å². The molecule has 90 valence electrons. The molecule has 0 aliphatic heterocycles. The summed E-state index contributed by atoms with van der Waals surface area (Å²) in [5.74, 6) is -0.742. The van der Waals surface area contributed by atoms with Crippen LogP contribution in [0.25, 0.3) is 0 Å². The molecule has 1 aromatic rings. The van der Waals surface area contributed by atoms with Crippen LogP contribution in [0, 0.1) is 0 Å². The number of carboxylic acids is 1. The number of hydrogen-bond donors (Lipinski definition) is 1. The fraction of sp³-hybridized carbons (Fsp3) is 0.636. The van der Waals surface area contributed by atoms with E-state index in [1.807, 2.05) is 24.6 Å². The van der Waals surface area contributed by atoms with Crippen LogP contribution in [0.1, 0.15) is 20.3 Å². The van der Waals surface area contributed by atoms with E-state index in [1.165, 1.54) is 0 Å². The summed E-state index contributed by atoms with van der Waals surface area (Å²) in [7, 11) is 0. The Bertz CT molecular complexity index is 311. The summed E-state index contributed by atoms with van der Waals surface area (Å²) >= 11 is 0. The molecule has 1 unspecified atom stereocenters. The molecule has 1 heterocycles. The standard InChI is InChI=1S/C11H19N3O2/c1-3-14(10(2)8-11(15)16)7-6-13-5-4-12-9-13/h4-5,9-10H,3,6-8H2,1-2H3,(H,15,16). The molecule has 1 aromatic heterocycles. The Labute approximate surface area is 95.7 Å². The molecule has 0 aliphatic carbocycles. The molecule has 16 heavy (non-hydrogen) atoms. The van der Waals surface area contributed by atoms with Crippen molar-refractivity contribution >= 4 is 5.97 Å². The van der Waals surface area contributed by atoms with Gasteiger partial charge in [0.1, 0.15) is 0 Å². The van der Waals surface area contributed by atoms with Gasteiger partial charge in [0.25, 0.3) is 0 Å². The van der Waals surface area contributed by atoms with Gasteiger partial charge in [-0.1, -0.05) is 6.92 Å². The third-order valence-corrected chi connectivity index (χ3v) is 2.70. The van der Waals surface area contributed by atoms with Crippen molar-refractivity contribution in [2.45, 2.75) is 32.9 Å². The molecule has 1 N–H and O–H groups in total. The predicted molar refractivity (Wildman–Crippen MR) is 61.2 cm³/mol. The number of carboxylic acid groups (broad SMARTS) is 1. The fourth-order valence-corrected chi connectivity index (χ4v) is 1.73. The lowest BCUT2D eigenvalue weighted by molar-refractivity contribution is -0.138. The highest BCUT2D eigenvalue weighted by atomic mass is 16.4. The highest BCUT2D eigenvalue weighted by molar-refractivity contribution is 5.67. The fourth-order valence-electron chi connectivity index (χ4n) is 1.73. The minimum Gasteiger partial charge on any atom is -0.481 e. The molecular weight excluding hydrogens is 206 g/mol. The molecule has 0 bridgehead atoms. The number of likely N-dealkylation sites (N-methyl/N-ethyl adjacent to an activating group) is 1. The van der Waals surface area contributed by atoms with Crippen molar-refractivity contribution in [2.75, 3.05) is 13.1 Å². The zero-order valence-corrected chi connectivity index (χ0v) is 9.83. The normalized spacial score (nSPS) is 12.9. The van der Waals surface area contributed by atoms with E-state index >= 15 is 0 Å². The van der Waals surface area contributed by atoms with Crippen LogP contribution in [0.5, 0.6) is 0 Å². The van der Waals surface area contributed by atoms with Gasteiger partial charge in [0.2, 0.25) is 0 Å². The van der Waals surface area contributed by atoms with Gasteiger partial charge in [-0.25, -0.2) is 4.98 Å². The van der Waals surface area contributed by atoms with Crippen LogP contribution in [0.3, 0.4) is 0 Å². The summed E-state index contributed by atoms with van der Waals surface area (Å²) in [4.78, 5) is 16.8. The Morgan fingerprint density at radius 1 is 1.62 bits per heavy atom. The predicted octanol–water partition coefficient (Wildman–Crippen LogP) is 1.07. The highest BCUT2D eigenvalue weighted by Gasteiger charge is 2.14. The summed E-state index contributed by atoms with van der Waals surface area (Å²) in [6.45, 7) is 6.56. The van der Waals surface area contributed by atoms with Gasteiger partial charge in [0.15, 0.2) is 0 Å². The number of rotatable bonds is 7. The lowest BCUT2D eigenvalue weighted by Crippen LogP contribution is -2.36. The van der Waals surface area contributed by atoms with Crippen molar-refractivity contribution in [2.24, 2.45) is 0 Å². The van der Waals surface area contributed by atoms with Crippen molar-refractivity contribution in [1.82, 2.24) is 14.5 Å². The average molecular weight is 225 g/mol. The third kappa shape index (κ3) is 4.02. The maximum Gasteiger partial charge on any atom is 0.304 e. The first-order valence-corrected chi connectivity index (χ1v) is 5.55. The van der Waals surface area contributed by atoms with Crippen LogP contribution in [0.15, 0.2) is 18.7 Å². The second-order valence-corrected chi connectivity index (χ2v) is 3.88. The Hall–Kier alpha value is -1.36. The second kappa shape index (κ2) is 6.27. The summed E-state index contributed by atoms with van der Waals surface area (Å²) in [5, 5.41) is 8.74. The Kier molecular flexibility index (Phi) is 4.98. The molecule has 5 nitrogen and oxygen atoms in total. The SMILES string of the molecule is CCN(CCn1ccnc1)C(C)CC(=O)O. The zero-order chi connectivity index (χ0) is 12.0. The first-order valence-electron chi connectivity index (χ1n) is 5.55. The van der Waals surface area contributed by atoms with Gasteiger partial charge < -0.3 is 9.67 Å². The molecular formula is C11H19N3O2. The van der Waals surface area contributed by atoms with E-state index in [1.54, 1.807) is 12.5 Å². The van der Waals surface area contributed by atoms with E-state index in [-0.39, 0.29) is 12.5 Å². The number of imidazole rings is 1. The van der Waals surface area contributed by atoms with Gasteiger partial charge >= 0.3 is 5.97 Å². The maximum atomic E-state index is 10.6. The van der Waals surface area contributed by atoms with Gasteiger partial charge in [0.05, 0.1) is 12.7 Å². The van der Waals surface area contributed by atoms with Crippen molar-refractivity contribution in [3.05, 3.63) is 18.7 Å². The van der Waals surface area contributed by atoms with E-state index in [0.29, 0.717) is 0 Å². The maximum absolute atomic E-state index is 10.6.